The Morgan fingerprint density at radius 2 is 2.22 bits per heavy atom. The minimum Gasteiger partial charge on any atom is -0.508 e. The van der Waals surface area contributed by atoms with E-state index in [1.165, 1.54) is 7.11 Å². The molecule has 1 rings (SSSR count). The molecule has 0 fully saturated rings. The van der Waals surface area contributed by atoms with Crippen LogP contribution in [-0.4, -0.2) is 36.1 Å². The molecule has 0 saturated carbocycles. The normalized spacial score (nSPS) is 12.0. The van der Waals surface area contributed by atoms with Crippen LogP contribution in [0.15, 0.2) is 18.2 Å². The van der Waals surface area contributed by atoms with Gasteiger partial charge in [-0.1, -0.05) is 22.0 Å². The molecule has 0 aliphatic heterocycles. The van der Waals surface area contributed by atoms with Crippen LogP contribution in [0.3, 0.4) is 0 Å². The number of phenolic OH excluding ortho intramolecular Hbond substituents is 1. The smallest absolute Gasteiger partial charge is 0.321 e. The Morgan fingerprint density at radius 3 is 2.78 bits per heavy atom. The SMILES string of the molecule is CCN(CC(Br)C(=O)OC)c1cc(O)ccc1C. The molecule has 0 aliphatic carbocycles. The number of benzene rings is 1. The summed E-state index contributed by atoms with van der Waals surface area (Å²) in [6.07, 6.45) is 0. The van der Waals surface area contributed by atoms with Gasteiger partial charge in [0.05, 0.1) is 7.11 Å². The maximum Gasteiger partial charge on any atom is 0.321 e. The third-order valence-corrected chi connectivity index (χ3v) is 3.42. The molecule has 0 aromatic heterocycles. The maximum atomic E-state index is 11.4. The average Bonchev–Trinajstić information content (AvgIpc) is 2.37. The van der Waals surface area contributed by atoms with Crippen molar-refractivity contribution < 1.29 is 14.6 Å². The molecule has 0 radical (unpaired) electrons. The van der Waals surface area contributed by atoms with Crippen LogP contribution in [-0.2, 0) is 9.53 Å². The third kappa shape index (κ3) is 3.63. The number of phenols is 1. The van der Waals surface area contributed by atoms with E-state index in [9.17, 15) is 9.90 Å². The van der Waals surface area contributed by atoms with Crippen molar-refractivity contribution in [3.63, 3.8) is 0 Å². The lowest BCUT2D eigenvalue weighted by Gasteiger charge is -2.26. The van der Waals surface area contributed by atoms with Gasteiger partial charge in [-0.05, 0) is 25.5 Å². The second-order valence-electron chi connectivity index (χ2n) is 4.00. The van der Waals surface area contributed by atoms with Gasteiger partial charge in [0.1, 0.15) is 10.6 Å². The van der Waals surface area contributed by atoms with E-state index in [2.05, 4.69) is 20.7 Å². The molecular formula is C13H18BrNO3. The van der Waals surface area contributed by atoms with Gasteiger partial charge in [0.15, 0.2) is 0 Å². The summed E-state index contributed by atoms with van der Waals surface area (Å²) in [4.78, 5) is 13.0. The number of ether oxygens (including phenoxy) is 1. The fourth-order valence-electron chi connectivity index (χ4n) is 1.73. The molecule has 0 amide bonds. The Kier molecular flexibility index (Phi) is 5.47. The first kappa shape index (κ1) is 14.8. The highest BCUT2D eigenvalue weighted by atomic mass is 79.9. The first-order chi connectivity index (χ1) is 8.49. The standard InChI is InChI=1S/C13H18BrNO3/c1-4-15(8-11(14)13(17)18-3)12-7-10(16)6-5-9(12)2/h5-7,11,16H,4,8H2,1-3H3. The van der Waals surface area contributed by atoms with E-state index in [1.807, 2.05) is 24.8 Å². The fourth-order valence-corrected chi connectivity index (χ4v) is 2.27. The zero-order valence-corrected chi connectivity index (χ0v) is 12.4. The van der Waals surface area contributed by atoms with Gasteiger partial charge in [-0.15, -0.1) is 0 Å². The molecule has 0 spiro atoms. The molecule has 1 unspecified atom stereocenters. The number of hydrogen-bond acceptors (Lipinski definition) is 4. The molecule has 1 aromatic carbocycles. The quantitative estimate of drug-likeness (QED) is 0.670. The molecule has 1 atom stereocenters. The summed E-state index contributed by atoms with van der Waals surface area (Å²) in [6.45, 7) is 5.20. The van der Waals surface area contributed by atoms with Gasteiger partial charge in [0, 0.05) is 24.8 Å². The van der Waals surface area contributed by atoms with E-state index in [0.717, 1.165) is 17.8 Å². The zero-order valence-electron chi connectivity index (χ0n) is 10.8. The van der Waals surface area contributed by atoms with E-state index in [1.54, 1.807) is 12.1 Å². The first-order valence-electron chi connectivity index (χ1n) is 5.76. The maximum absolute atomic E-state index is 11.4. The van der Waals surface area contributed by atoms with Crippen LogP contribution < -0.4 is 4.90 Å². The van der Waals surface area contributed by atoms with E-state index < -0.39 is 0 Å². The predicted octanol–water partition coefficient (Wildman–Crippen LogP) is 2.46. The number of alkyl halides is 1. The van der Waals surface area contributed by atoms with Crippen LogP contribution in [0.5, 0.6) is 5.75 Å². The molecule has 0 saturated heterocycles. The van der Waals surface area contributed by atoms with Crippen molar-refractivity contribution in [2.75, 3.05) is 25.1 Å². The number of halogens is 1. The van der Waals surface area contributed by atoms with Crippen molar-refractivity contribution in [3.05, 3.63) is 23.8 Å². The Morgan fingerprint density at radius 1 is 1.56 bits per heavy atom. The number of methoxy groups -OCH3 is 1. The summed E-state index contributed by atoms with van der Waals surface area (Å²) in [5, 5.41) is 9.54. The van der Waals surface area contributed by atoms with Gasteiger partial charge >= 0.3 is 5.97 Å². The lowest BCUT2D eigenvalue weighted by Crippen LogP contribution is -2.34. The predicted molar refractivity (Wildman–Crippen MR) is 75.5 cm³/mol. The van der Waals surface area contributed by atoms with Crippen molar-refractivity contribution in [1.82, 2.24) is 0 Å². The van der Waals surface area contributed by atoms with Crippen molar-refractivity contribution in [2.45, 2.75) is 18.7 Å². The number of rotatable bonds is 5. The van der Waals surface area contributed by atoms with Gasteiger partial charge in [0.2, 0.25) is 0 Å². The second-order valence-corrected chi connectivity index (χ2v) is 5.11. The molecule has 5 heteroatoms. The van der Waals surface area contributed by atoms with E-state index in [0.29, 0.717) is 6.54 Å². The highest BCUT2D eigenvalue weighted by Gasteiger charge is 2.19. The molecule has 0 aliphatic rings. The Bertz CT molecular complexity index is 423. The average molecular weight is 316 g/mol. The fraction of sp³-hybridized carbons (Fsp3) is 0.462. The highest BCUT2D eigenvalue weighted by Crippen LogP contribution is 2.25. The summed E-state index contributed by atoms with van der Waals surface area (Å²) < 4.78 is 4.69. The minimum atomic E-state index is -0.385. The summed E-state index contributed by atoms with van der Waals surface area (Å²) in [5.41, 5.74) is 1.98. The van der Waals surface area contributed by atoms with Crippen molar-refractivity contribution in [1.29, 1.82) is 0 Å². The van der Waals surface area contributed by atoms with Gasteiger partial charge in [-0.25, -0.2) is 0 Å². The van der Waals surface area contributed by atoms with Gasteiger partial charge in [0.25, 0.3) is 0 Å². The van der Waals surface area contributed by atoms with Crippen LogP contribution in [0.2, 0.25) is 0 Å². The van der Waals surface area contributed by atoms with Crippen LogP contribution in [0.25, 0.3) is 0 Å². The largest absolute Gasteiger partial charge is 0.508 e. The topological polar surface area (TPSA) is 49.8 Å². The number of carbonyl (C=O) groups excluding carboxylic acids is 1. The molecule has 0 heterocycles. The minimum absolute atomic E-state index is 0.221. The molecule has 100 valence electrons. The summed E-state index contributed by atoms with van der Waals surface area (Å²) in [6, 6.07) is 5.21. The Hall–Kier alpha value is -1.23. The van der Waals surface area contributed by atoms with Crippen molar-refractivity contribution in [2.24, 2.45) is 0 Å². The van der Waals surface area contributed by atoms with Crippen LogP contribution >= 0.6 is 15.9 Å². The number of nitrogens with zero attached hydrogens (tertiary/aromatic N) is 1. The number of anilines is 1. The molecular weight excluding hydrogens is 298 g/mol. The Labute approximate surface area is 116 Å². The molecule has 1 aromatic rings. The molecule has 18 heavy (non-hydrogen) atoms. The number of carbonyl (C=O) groups is 1. The van der Waals surface area contributed by atoms with E-state index in [4.69, 9.17) is 0 Å². The molecule has 4 nitrogen and oxygen atoms in total. The number of esters is 1. The summed E-state index contributed by atoms with van der Waals surface area (Å²) >= 11 is 3.31. The summed E-state index contributed by atoms with van der Waals surface area (Å²) in [5.74, 6) is -0.0792. The second kappa shape index (κ2) is 6.64. The van der Waals surface area contributed by atoms with Crippen LogP contribution in [0.1, 0.15) is 12.5 Å². The number of aryl methyl sites for hydroxylation is 1. The molecule has 0 bridgehead atoms. The van der Waals surface area contributed by atoms with Crippen molar-refractivity contribution in [3.8, 4) is 5.75 Å². The van der Waals surface area contributed by atoms with Gasteiger partial charge in [-0.2, -0.15) is 0 Å². The number of aromatic hydroxyl groups is 1. The van der Waals surface area contributed by atoms with Crippen LogP contribution in [0, 0.1) is 6.92 Å². The molecule has 1 N–H and O–H groups in total. The van der Waals surface area contributed by atoms with E-state index in [-0.39, 0.29) is 16.5 Å². The third-order valence-electron chi connectivity index (χ3n) is 2.75. The lowest BCUT2D eigenvalue weighted by atomic mass is 10.1. The van der Waals surface area contributed by atoms with Crippen molar-refractivity contribution >= 4 is 27.6 Å². The monoisotopic (exact) mass is 315 g/mol. The van der Waals surface area contributed by atoms with Gasteiger partial charge < -0.3 is 14.7 Å². The lowest BCUT2D eigenvalue weighted by molar-refractivity contribution is -0.139. The first-order valence-corrected chi connectivity index (χ1v) is 6.67. The number of hydrogen-bond donors (Lipinski definition) is 1. The van der Waals surface area contributed by atoms with Gasteiger partial charge in [-0.3, -0.25) is 4.79 Å². The van der Waals surface area contributed by atoms with E-state index >= 15 is 0 Å². The zero-order chi connectivity index (χ0) is 13.7. The highest BCUT2D eigenvalue weighted by molar-refractivity contribution is 9.10. The van der Waals surface area contributed by atoms with Crippen LogP contribution in [0.4, 0.5) is 5.69 Å². The summed E-state index contributed by atoms with van der Waals surface area (Å²) in [7, 11) is 1.37. The Balaban J connectivity index is 2.89.